The lowest BCUT2D eigenvalue weighted by Gasteiger charge is -2.27. The van der Waals surface area contributed by atoms with E-state index in [-0.39, 0.29) is 25.2 Å². The Labute approximate surface area is 296 Å². The lowest BCUT2D eigenvalue weighted by Crippen LogP contribution is -2.59. The van der Waals surface area contributed by atoms with Gasteiger partial charge in [0.25, 0.3) is 5.91 Å². The van der Waals surface area contributed by atoms with Crippen LogP contribution in [0.1, 0.15) is 48.2 Å². The Morgan fingerprint density at radius 1 is 0.588 bits per heavy atom. The highest BCUT2D eigenvalue weighted by atomic mass is 16.4. The summed E-state index contributed by atoms with van der Waals surface area (Å²) < 4.78 is 0. The first-order valence-corrected chi connectivity index (χ1v) is 16.7. The van der Waals surface area contributed by atoms with E-state index in [2.05, 4.69) is 21.3 Å². The molecule has 0 aliphatic rings. The van der Waals surface area contributed by atoms with Crippen LogP contribution in [0.2, 0.25) is 0 Å². The highest BCUT2D eigenvalue weighted by molar-refractivity contribution is 6.08. The topological polar surface area (TPSA) is 197 Å². The van der Waals surface area contributed by atoms with Gasteiger partial charge >= 0.3 is 5.97 Å². The minimum Gasteiger partial charge on any atom is -0.481 e. The molecule has 4 aromatic rings. The molecule has 0 saturated heterocycles. The maximum absolute atomic E-state index is 13.9. The van der Waals surface area contributed by atoms with Gasteiger partial charge in [0.2, 0.25) is 23.6 Å². The molecule has 0 aliphatic carbocycles. The van der Waals surface area contributed by atoms with E-state index in [1.807, 2.05) is 74.5 Å². The molecule has 0 saturated carbocycles. The molecule has 4 aromatic carbocycles. The molecular formula is C39H43N5O7. The molecule has 0 spiro atoms. The predicted octanol–water partition coefficient (Wildman–Crippen LogP) is 2.88. The maximum Gasteiger partial charge on any atom is 0.305 e. The van der Waals surface area contributed by atoms with Crippen LogP contribution in [0.4, 0.5) is 0 Å². The van der Waals surface area contributed by atoms with E-state index < -0.39 is 66.1 Å². The predicted molar refractivity (Wildman–Crippen MR) is 192 cm³/mol. The number of primary amides is 1. The number of carboxylic acid groups (broad SMARTS) is 1. The molecule has 0 radical (unpaired) electrons. The summed E-state index contributed by atoms with van der Waals surface area (Å²) in [6.45, 7) is 3.66. The Morgan fingerprint density at radius 3 is 1.67 bits per heavy atom. The van der Waals surface area contributed by atoms with Gasteiger partial charge in [-0.3, -0.25) is 28.8 Å². The second-order valence-electron chi connectivity index (χ2n) is 12.7. The number of fused-ring (bicyclic) bond motifs is 1. The van der Waals surface area contributed by atoms with Crippen LogP contribution < -0.4 is 27.0 Å². The van der Waals surface area contributed by atoms with Crippen molar-refractivity contribution in [3.05, 3.63) is 120 Å². The minimum absolute atomic E-state index is 0.0506. The zero-order valence-electron chi connectivity index (χ0n) is 28.5. The lowest BCUT2D eigenvalue weighted by molar-refractivity contribution is -0.141. The molecule has 51 heavy (non-hydrogen) atoms. The SMILES string of the molecule is CC(C)C[C@H](NC(=O)[C@H](Cc1ccccc1)NC(=O)c1cccc2ccccc12)C(=O)N[C@@H](CC(=O)O)C(=O)N[C@@H](Cc1ccccc1)C(N)=O. The van der Waals surface area contributed by atoms with Gasteiger partial charge in [-0.15, -0.1) is 0 Å². The minimum atomic E-state index is -1.59. The van der Waals surface area contributed by atoms with Crippen LogP contribution in [0.15, 0.2) is 103 Å². The van der Waals surface area contributed by atoms with Crippen LogP contribution >= 0.6 is 0 Å². The van der Waals surface area contributed by atoms with Crippen molar-refractivity contribution in [3.63, 3.8) is 0 Å². The third kappa shape index (κ3) is 11.2. The Kier molecular flexibility index (Phi) is 13.4. The molecule has 12 nitrogen and oxygen atoms in total. The fraction of sp³-hybridized carbons (Fsp3) is 0.282. The van der Waals surface area contributed by atoms with Gasteiger partial charge < -0.3 is 32.1 Å². The summed E-state index contributed by atoms with van der Waals surface area (Å²) in [5.41, 5.74) is 7.38. The van der Waals surface area contributed by atoms with Gasteiger partial charge in [0.05, 0.1) is 6.42 Å². The summed E-state index contributed by atoms with van der Waals surface area (Å²) >= 11 is 0. The van der Waals surface area contributed by atoms with Gasteiger partial charge in [0.1, 0.15) is 24.2 Å². The number of hydrogen-bond donors (Lipinski definition) is 6. The zero-order chi connectivity index (χ0) is 36.9. The van der Waals surface area contributed by atoms with Gasteiger partial charge in [0, 0.05) is 18.4 Å². The van der Waals surface area contributed by atoms with Crippen molar-refractivity contribution in [1.29, 1.82) is 0 Å². The van der Waals surface area contributed by atoms with Gasteiger partial charge in [-0.2, -0.15) is 0 Å². The molecule has 0 bridgehead atoms. The fourth-order valence-corrected chi connectivity index (χ4v) is 5.69. The van der Waals surface area contributed by atoms with Crippen LogP contribution in [-0.2, 0) is 36.8 Å². The van der Waals surface area contributed by atoms with Crippen molar-refractivity contribution in [2.24, 2.45) is 11.7 Å². The second kappa shape index (κ2) is 18.1. The van der Waals surface area contributed by atoms with E-state index in [4.69, 9.17) is 5.73 Å². The Bertz CT molecular complexity index is 1840. The number of nitrogens with two attached hydrogens (primary N) is 1. The number of hydrogen-bond acceptors (Lipinski definition) is 6. The first-order valence-electron chi connectivity index (χ1n) is 16.7. The third-order valence-corrected chi connectivity index (χ3v) is 8.23. The van der Waals surface area contributed by atoms with Crippen molar-refractivity contribution in [1.82, 2.24) is 21.3 Å². The smallest absolute Gasteiger partial charge is 0.305 e. The summed E-state index contributed by atoms with van der Waals surface area (Å²) in [5.74, 6) is -5.20. The quantitative estimate of drug-likeness (QED) is 0.0978. The van der Waals surface area contributed by atoms with Crippen molar-refractivity contribution in [2.45, 2.75) is 63.7 Å². The zero-order valence-corrected chi connectivity index (χ0v) is 28.5. The molecular weight excluding hydrogens is 650 g/mol. The molecule has 7 N–H and O–H groups in total. The molecule has 5 amide bonds. The average Bonchev–Trinajstić information content (AvgIpc) is 3.10. The number of nitrogens with one attached hydrogen (secondary N) is 4. The summed E-state index contributed by atoms with van der Waals surface area (Å²) in [5, 5.41) is 21.6. The van der Waals surface area contributed by atoms with Crippen molar-refractivity contribution < 1.29 is 33.9 Å². The van der Waals surface area contributed by atoms with Crippen LogP contribution in [0.5, 0.6) is 0 Å². The third-order valence-electron chi connectivity index (χ3n) is 8.23. The van der Waals surface area contributed by atoms with E-state index in [0.29, 0.717) is 16.5 Å². The van der Waals surface area contributed by atoms with Crippen LogP contribution in [0, 0.1) is 5.92 Å². The van der Waals surface area contributed by atoms with Gasteiger partial charge in [-0.25, -0.2) is 0 Å². The van der Waals surface area contributed by atoms with Crippen molar-refractivity contribution in [2.75, 3.05) is 0 Å². The van der Waals surface area contributed by atoms with Gasteiger partial charge in [-0.1, -0.05) is 111 Å². The van der Waals surface area contributed by atoms with Crippen LogP contribution in [0.25, 0.3) is 10.8 Å². The van der Waals surface area contributed by atoms with E-state index in [1.54, 1.807) is 42.5 Å². The average molecular weight is 694 g/mol. The molecule has 0 aromatic heterocycles. The fourth-order valence-electron chi connectivity index (χ4n) is 5.69. The number of amides is 5. The van der Waals surface area contributed by atoms with Crippen molar-refractivity contribution in [3.8, 4) is 0 Å². The van der Waals surface area contributed by atoms with E-state index in [1.165, 1.54) is 0 Å². The number of carbonyl (C=O) groups is 6. The monoisotopic (exact) mass is 693 g/mol. The second-order valence-corrected chi connectivity index (χ2v) is 12.7. The first-order chi connectivity index (χ1) is 24.4. The number of aliphatic carboxylic acids is 1. The highest BCUT2D eigenvalue weighted by Gasteiger charge is 2.33. The molecule has 0 heterocycles. The molecule has 0 aliphatic heterocycles. The van der Waals surface area contributed by atoms with Gasteiger partial charge in [0.15, 0.2) is 0 Å². The molecule has 0 fully saturated rings. The van der Waals surface area contributed by atoms with E-state index >= 15 is 0 Å². The van der Waals surface area contributed by atoms with Gasteiger partial charge in [-0.05, 0) is 40.3 Å². The molecule has 266 valence electrons. The normalized spacial score (nSPS) is 13.3. The van der Waals surface area contributed by atoms with E-state index in [9.17, 15) is 33.9 Å². The maximum atomic E-state index is 13.9. The van der Waals surface area contributed by atoms with Crippen LogP contribution in [0.3, 0.4) is 0 Å². The van der Waals surface area contributed by atoms with E-state index in [0.717, 1.165) is 10.9 Å². The van der Waals surface area contributed by atoms with Crippen molar-refractivity contribution >= 4 is 46.3 Å². The lowest BCUT2D eigenvalue weighted by atomic mass is 9.99. The highest BCUT2D eigenvalue weighted by Crippen LogP contribution is 2.19. The first kappa shape index (κ1) is 37.8. The number of rotatable bonds is 17. The molecule has 4 rings (SSSR count). The Morgan fingerprint density at radius 2 is 1.08 bits per heavy atom. The molecule has 4 atom stereocenters. The largest absolute Gasteiger partial charge is 0.481 e. The number of carbonyl (C=O) groups excluding carboxylic acids is 5. The van der Waals surface area contributed by atoms with Crippen LogP contribution in [-0.4, -0.2) is 64.8 Å². The Balaban J connectivity index is 1.54. The molecule has 12 heteroatoms. The summed E-state index contributed by atoms with van der Waals surface area (Å²) in [6, 6.07) is 25.5. The number of carboxylic acids is 1. The standard InChI is InChI=1S/C39H43N5O7/c1-24(2)20-31(37(49)44-33(23-34(45)46)39(51)41-30(35(40)47)21-25-12-5-3-6-13-25)43-38(50)32(22-26-14-7-4-8-15-26)42-36(48)29-19-11-17-27-16-9-10-18-28(27)29/h3-19,24,30-33H,20-23H2,1-2H3,(H2,40,47)(H,41,51)(H,42,48)(H,43,50)(H,44,49)(H,45,46)/t30-,31-,32-,33-/m0/s1. The summed E-state index contributed by atoms with van der Waals surface area (Å²) in [6.07, 6.45) is -0.505. The number of benzene rings is 4. The Hall–Kier alpha value is -6.04. The summed E-state index contributed by atoms with van der Waals surface area (Å²) in [4.78, 5) is 78.6. The summed E-state index contributed by atoms with van der Waals surface area (Å²) in [7, 11) is 0. The molecule has 0 unspecified atom stereocenters.